The Balaban J connectivity index is 1.97. The summed E-state index contributed by atoms with van der Waals surface area (Å²) >= 11 is 6.22. The van der Waals surface area contributed by atoms with Crippen LogP contribution in [0.2, 0.25) is 5.02 Å². The molecule has 2 aliphatic rings. The fourth-order valence-electron chi connectivity index (χ4n) is 2.61. The maximum absolute atomic E-state index is 12.0. The lowest BCUT2D eigenvalue weighted by Crippen LogP contribution is -2.37. The minimum Gasteiger partial charge on any atom is -0.326 e. The standard InChI is InChI=1S/C14H16ClN3O/c1-8(2)6-12-13(19)17-14-16-11-5-3-4-10(15)9(11)7-18(12)14/h3-5,8,12H,6-7H2,1-2H3,(H,16,17,19). The van der Waals surface area contributed by atoms with Gasteiger partial charge >= 0.3 is 0 Å². The third-order valence-electron chi connectivity index (χ3n) is 3.53. The molecule has 1 aromatic carbocycles. The number of amides is 1. The highest BCUT2D eigenvalue weighted by Crippen LogP contribution is 2.34. The van der Waals surface area contributed by atoms with E-state index in [1.54, 1.807) is 0 Å². The van der Waals surface area contributed by atoms with Crippen LogP contribution in [-0.4, -0.2) is 22.8 Å². The summed E-state index contributed by atoms with van der Waals surface area (Å²) in [6.45, 7) is 4.88. The summed E-state index contributed by atoms with van der Waals surface area (Å²) in [5.74, 6) is 1.16. The first-order chi connectivity index (χ1) is 9.06. The lowest BCUT2D eigenvalue weighted by Gasteiger charge is -2.29. The number of benzene rings is 1. The first kappa shape index (κ1) is 12.5. The van der Waals surface area contributed by atoms with Gasteiger partial charge in [0.25, 0.3) is 0 Å². The molecule has 1 fully saturated rings. The summed E-state index contributed by atoms with van der Waals surface area (Å²) in [6.07, 6.45) is 0.824. The molecule has 1 N–H and O–H groups in total. The quantitative estimate of drug-likeness (QED) is 0.903. The van der Waals surface area contributed by atoms with Gasteiger partial charge in [0.05, 0.1) is 12.2 Å². The number of carbonyl (C=O) groups excluding carboxylic acids is 1. The first-order valence-corrected chi connectivity index (χ1v) is 6.87. The summed E-state index contributed by atoms with van der Waals surface area (Å²) in [4.78, 5) is 18.6. The van der Waals surface area contributed by atoms with Crippen LogP contribution in [0.15, 0.2) is 23.2 Å². The number of hydrogen-bond acceptors (Lipinski definition) is 3. The minimum atomic E-state index is -0.136. The van der Waals surface area contributed by atoms with E-state index in [4.69, 9.17) is 11.6 Å². The third-order valence-corrected chi connectivity index (χ3v) is 3.88. The average molecular weight is 278 g/mol. The Labute approximate surface area is 117 Å². The fraction of sp³-hybridized carbons (Fsp3) is 0.429. The third kappa shape index (κ3) is 2.10. The van der Waals surface area contributed by atoms with Crippen molar-refractivity contribution >= 4 is 29.2 Å². The van der Waals surface area contributed by atoms with Crippen molar-refractivity contribution in [3.8, 4) is 0 Å². The zero-order chi connectivity index (χ0) is 13.6. The maximum Gasteiger partial charge on any atom is 0.249 e. The summed E-state index contributed by atoms with van der Waals surface area (Å²) in [5.41, 5.74) is 1.85. The number of nitrogens with zero attached hydrogens (tertiary/aromatic N) is 2. The van der Waals surface area contributed by atoms with Crippen LogP contribution >= 0.6 is 11.6 Å². The molecule has 5 heteroatoms. The van der Waals surface area contributed by atoms with Gasteiger partial charge in [-0.05, 0) is 24.5 Å². The fourth-order valence-corrected chi connectivity index (χ4v) is 2.83. The summed E-state index contributed by atoms with van der Waals surface area (Å²) in [5, 5.41) is 3.58. The number of halogens is 1. The summed E-state index contributed by atoms with van der Waals surface area (Å²) in [7, 11) is 0. The molecule has 1 unspecified atom stereocenters. The van der Waals surface area contributed by atoms with Crippen LogP contribution in [0, 0.1) is 5.92 Å². The molecule has 0 aliphatic carbocycles. The van der Waals surface area contributed by atoms with Crippen molar-refractivity contribution in [2.45, 2.75) is 32.9 Å². The molecule has 0 spiro atoms. The molecule has 0 bridgehead atoms. The Kier molecular flexibility index (Phi) is 2.97. The van der Waals surface area contributed by atoms with Crippen molar-refractivity contribution < 1.29 is 4.79 Å². The van der Waals surface area contributed by atoms with E-state index in [0.717, 1.165) is 17.7 Å². The number of rotatable bonds is 2. The van der Waals surface area contributed by atoms with Gasteiger partial charge in [-0.2, -0.15) is 0 Å². The molecule has 4 nitrogen and oxygen atoms in total. The Morgan fingerprint density at radius 2 is 2.32 bits per heavy atom. The molecule has 0 aromatic heterocycles. The molecule has 2 aliphatic heterocycles. The molecule has 2 heterocycles. The molecular formula is C14H16ClN3O. The molecule has 1 saturated heterocycles. The number of aliphatic imine (C=N–C) groups is 1. The molecule has 1 aromatic rings. The van der Waals surface area contributed by atoms with E-state index in [1.165, 1.54) is 0 Å². The number of fused-ring (bicyclic) bond motifs is 2. The van der Waals surface area contributed by atoms with E-state index in [1.807, 2.05) is 23.1 Å². The lowest BCUT2D eigenvalue weighted by molar-refractivity contribution is -0.121. The zero-order valence-corrected chi connectivity index (χ0v) is 11.7. The first-order valence-electron chi connectivity index (χ1n) is 6.50. The van der Waals surface area contributed by atoms with Crippen LogP contribution in [0.1, 0.15) is 25.8 Å². The topological polar surface area (TPSA) is 44.7 Å². The molecular weight excluding hydrogens is 262 g/mol. The molecule has 1 amide bonds. The number of guanidine groups is 1. The van der Waals surface area contributed by atoms with Crippen LogP contribution in [0.3, 0.4) is 0 Å². The molecule has 0 radical (unpaired) electrons. The molecule has 3 rings (SSSR count). The average Bonchev–Trinajstić information content (AvgIpc) is 2.63. The van der Waals surface area contributed by atoms with Gasteiger partial charge in [-0.3, -0.25) is 10.1 Å². The molecule has 100 valence electrons. The van der Waals surface area contributed by atoms with Crippen molar-refractivity contribution in [3.05, 3.63) is 28.8 Å². The smallest absolute Gasteiger partial charge is 0.249 e. The largest absolute Gasteiger partial charge is 0.326 e. The molecule has 0 saturated carbocycles. The van der Waals surface area contributed by atoms with Gasteiger partial charge < -0.3 is 4.90 Å². The number of carbonyl (C=O) groups is 1. The van der Waals surface area contributed by atoms with Crippen LogP contribution in [0.4, 0.5) is 5.69 Å². The van der Waals surface area contributed by atoms with Gasteiger partial charge in [-0.1, -0.05) is 31.5 Å². The van der Waals surface area contributed by atoms with E-state index >= 15 is 0 Å². The minimum absolute atomic E-state index is 0.0383. The number of hydrogen-bond donors (Lipinski definition) is 1. The monoisotopic (exact) mass is 277 g/mol. The normalized spacial score (nSPS) is 21.1. The van der Waals surface area contributed by atoms with E-state index < -0.39 is 0 Å². The Hall–Kier alpha value is -1.55. The van der Waals surface area contributed by atoms with Crippen LogP contribution in [0.5, 0.6) is 0 Å². The van der Waals surface area contributed by atoms with Crippen molar-refractivity contribution in [1.29, 1.82) is 0 Å². The second-order valence-electron chi connectivity index (χ2n) is 5.44. The second kappa shape index (κ2) is 4.53. The number of nitrogens with one attached hydrogen (secondary N) is 1. The molecule has 1 atom stereocenters. The summed E-state index contributed by atoms with van der Waals surface area (Å²) < 4.78 is 0. The van der Waals surface area contributed by atoms with Gasteiger partial charge in [0.1, 0.15) is 6.04 Å². The van der Waals surface area contributed by atoms with Crippen molar-refractivity contribution in [2.24, 2.45) is 10.9 Å². The highest BCUT2D eigenvalue weighted by Gasteiger charge is 2.39. The second-order valence-corrected chi connectivity index (χ2v) is 5.84. The maximum atomic E-state index is 12.0. The Morgan fingerprint density at radius 1 is 1.53 bits per heavy atom. The van der Waals surface area contributed by atoms with Crippen molar-refractivity contribution in [3.63, 3.8) is 0 Å². The van der Waals surface area contributed by atoms with Crippen molar-refractivity contribution in [1.82, 2.24) is 10.2 Å². The van der Waals surface area contributed by atoms with Crippen LogP contribution < -0.4 is 5.32 Å². The SMILES string of the molecule is CC(C)CC1C(=O)NC2=Nc3cccc(Cl)c3CN21. The van der Waals surface area contributed by atoms with E-state index in [-0.39, 0.29) is 11.9 Å². The Bertz CT molecular complexity index is 568. The molecule has 19 heavy (non-hydrogen) atoms. The summed E-state index contributed by atoms with van der Waals surface area (Å²) in [6, 6.07) is 5.53. The Morgan fingerprint density at radius 3 is 3.05 bits per heavy atom. The van der Waals surface area contributed by atoms with Gasteiger partial charge in [-0.25, -0.2) is 4.99 Å². The van der Waals surface area contributed by atoms with E-state index in [0.29, 0.717) is 23.4 Å². The van der Waals surface area contributed by atoms with Gasteiger partial charge in [-0.15, -0.1) is 0 Å². The van der Waals surface area contributed by atoms with E-state index in [9.17, 15) is 4.79 Å². The van der Waals surface area contributed by atoms with Crippen LogP contribution in [-0.2, 0) is 11.3 Å². The predicted octanol–water partition coefficient (Wildman–Crippen LogP) is 2.69. The highest BCUT2D eigenvalue weighted by molar-refractivity contribution is 6.31. The van der Waals surface area contributed by atoms with E-state index in [2.05, 4.69) is 24.2 Å². The van der Waals surface area contributed by atoms with Gasteiger partial charge in [0, 0.05) is 10.6 Å². The van der Waals surface area contributed by atoms with Crippen molar-refractivity contribution in [2.75, 3.05) is 0 Å². The van der Waals surface area contributed by atoms with Gasteiger partial charge in [0.15, 0.2) is 0 Å². The van der Waals surface area contributed by atoms with Gasteiger partial charge in [0.2, 0.25) is 11.9 Å². The zero-order valence-electron chi connectivity index (χ0n) is 11.0. The predicted molar refractivity (Wildman–Crippen MR) is 75.5 cm³/mol. The lowest BCUT2D eigenvalue weighted by atomic mass is 10.0. The highest BCUT2D eigenvalue weighted by atomic mass is 35.5. The van der Waals surface area contributed by atoms with Crippen LogP contribution in [0.25, 0.3) is 0 Å².